The predicted octanol–water partition coefficient (Wildman–Crippen LogP) is 2.89. The minimum absolute atomic E-state index is 0.101. The maximum absolute atomic E-state index is 12.0. The van der Waals surface area contributed by atoms with E-state index in [2.05, 4.69) is 42.0 Å². The van der Waals surface area contributed by atoms with Crippen LogP contribution in [0.1, 0.15) is 32.8 Å². The number of halogens is 1. The summed E-state index contributed by atoms with van der Waals surface area (Å²) in [5, 5.41) is 13.2. The molecule has 0 bridgehead atoms. The van der Waals surface area contributed by atoms with Crippen LogP contribution in [0.2, 0.25) is 0 Å². The number of hydrogen-bond donors (Lipinski definition) is 2. The van der Waals surface area contributed by atoms with E-state index in [0.717, 1.165) is 23.1 Å². The van der Waals surface area contributed by atoms with E-state index in [-0.39, 0.29) is 17.2 Å². The van der Waals surface area contributed by atoms with Gasteiger partial charge in [0.15, 0.2) is 0 Å². The van der Waals surface area contributed by atoms with Gasteiger partial charge in [-0.15, -0.1) is 0 Å². The molecular weight excluding hydrogens is 332 g/mol. The lowest BCUT2D eigenvalue weighted by molar-refractivity contribution is -0.131. The fourth-order valence-electron chi connectivity index (χ4n) is 2.66. The lowest BCUT2D eigenvalue weighted by atomic mass is 10.1. The number of nitrogens with zero attached hydrogens (tertiary/aromatic N) is 1. The Labute approximate surface area is 134 Å². The van der Waals surface area contributed by atoms with Crippen LogP contribution >= 0.6 is 15.9 Å². The zero-order valence-corrected chi connectivity index (χ0v) is 14.4. The highest BCUT2D eigenvalue weighted by atomic mass is 79.9. The zero-order chi connectivity index (χ0) is 15.6. The molecule has 0 aliphatic carbocycles. The van der Waals surface area contributed by atoms with Gasteiger partial charge >= 0.3 is 0 Å². The Morgan fingerprint density at radius 1 is 1.43 bits per heavy atom. The second-order valence-corrected chi connectivity index (χ2v) is 7.56. The van der Waals surface area contributed by atoms with E-state index in [0.29, 0.717) is 18.9 Å². The van der Waals surface area contributed by atoms with Gasteiger partial charge in [0.25, 0.3) is 0 Å². The van der Waals surface area contributed by atoms with Crippen LogP contribution in [0.25, 0.3) is 0 Å². The summed E-state index contributed by atoms with van der Waals surface area (Å²) in [4.78, 5) is 14.0. The van der Waals surface area contributed by atoms with Gasteiger partial charge in [0.1, 0.15) is 5.75 Å². The number of benzene rings is 1. The van der Waals surface area contributed by atoms with Gasteiger partial charge < -0.3 is 15.3 Å². The van der Waals surface area contributed by atoms with Crippen LogP contribution in [-0.2, 0) is 11.3 Å². The molecular formula is C16H23BrN2O2. The van der Waals surface area contributed by atoms with Crippen molar-refractivity contribution < 1.29 is 9.90 Å². The number of likely N-dealkylation sites (tertiary alicyclic amines) is 1. The number of phenols is 1. The molecule has 116 valence electrons. The molecule has 0 radical (unpaired) electrons. The summed E-state index contributed by atoms with van der Waals surface area (Å²) >= 11 is 3.33. The second-order valence-electron chi connectivity index (χ2n) is 6.65. The minimum atomic E-state index is -0.101. The molecule has 2 N–H and O–H groups in total. The Hall–Kier alpha value is -1.07. The van der Waals surface area contributed by atoms with Crippen molar-refractivity contribution in [1.82, 2.24) is 10.2 Å². The number of rotatable bonds is 4. The van der Waals surface area contributed by atoms with Crippen molar-refractivity contribution in [2.45, 2.75) is 39.3 Å². The van der Waals surface area contributed by atoms with Gasteiger partial charge in [-0.25, -0.2) is 0 Å². The van der Waals surface area contributed by atoms with Crippen molar-refractivity contribution in [2.75, 3.05) is 13.1 Å². The molecule has 1 unspecified atom stereocenters. The molecule has 0 saturated carbocycles. The molecule has 1 aliphatic rings. The smallest absolute Gasteiger partial charge is 0.223 e. The normalized spacial score (nSPS) is 19.3. The van der Waals surface area contributed by atoms with Crippen molar-refractivity contribution in [3.05, 3.63) is 28.2 Å². The highest BCUT2D eigenvalue weighted by Gasteiger charge is 2.35. The van der Waals surface area contributed by atoms with Crippen LogP contribution in [0, 0.1) is 5.92 Å². The Morgan fingerprint density at radius 3 is 2.71 bits per heavy atom. The quantitative estimate of drug-likeness (QED) is 0.873. The lowest BCUT2D eigenvalue weighted by Gasteiger charge is -2.32. The average Bonchev–Trinajstić information content (AvgIpc) is 2.73. The monoisotopic (exact) mass is 354 g/mol. The highest BCUT2D eigenvalue weighted by molar-refractivity contribution is 9.10. The summed E-state index contributed by atoms with van der Waals surface area (Å²) in [6, 6.07) is 5.50. The summed E-state index contributed by atoms with van der Waals surface area (Å²) in [6.45, 7) is 8.41. The van der Waals surface area contributed by atoms with E-state index >= 15 is 0 Å². The fraction of sp³-hybridized carbons (Fsp3) is 0.562. The molecule has 1 atom stereocenters. The average molecular weight is 355 g/mol. The molecule has 21 heavy (non-hydrogen) atoms. The first-order chi connectivity index (χ1) is 9.77. The number of hydrogen-bond acceptors (Lipinski definition) is 3. The third kappa shape index (κ3) is 4.20. The van der Waals surface area contributed by atoms with Crippen molar-refractivity contribution in [3.63, 3.8) is 0 Å². The number of amides is 1. The third-order valence-electron chi connectivity index (χ3n) is 3.81. The first-order valence-electron chi connectivity index (χ1n) is 7.26. The van der Waals surface area contributed by atoms with Crippen molar-refractivity contribution in [3.8, 4) is 5.75 Å². The summed E-state index contributed by atoms with van der Waals surface area (Å²) in [5.41, 5.74) is 0.769. The topological polar surface area (TPSA) is 52.6 Å². The Balaban J connectivity index is 1.83. The summed E-state index contributed by atoms with van der Waals surface area (Å²) in [5.74, 6) is 0.866. The van der Waals surface area contributed by atoms with Crippen molar-refractivity contribution in [2.24, 2.45) is 5.92 Å². The molecule has 0 spiro atoms. The van der Waals surface area contributed by atoms with Crippen LogP contribution in [-0.4, -0.2) is 34.5 Å². The number of carbonyl (C=O) groups is 1. The Bertz CT molecular complexity index is 525. The van der Waals surface area contributed by atoms with Gasteiger partial charge in [-0.05, 0) is 38.8 Å². The fourth-order valence-corrected chi connectivity index (χ4v) is 3.01. The molecule has 1 aliphatic heterocycles. The molecule has 1 aromatic carbocycles. The summed E-state index contributed by atoms with van der Waals surface area (Å²) in [7, 11) is 0. The maximum Gasteiger partial charge on any atom is 0.223 e. The van der Waals surface area contributed by atoms with Gasteiger partial charge in [-0.2, -0.15) is 0 Å². The van der Waals surface area contributed by atoms with Gasteiger partial charge in [0, 0.05) is 41.6 Å². The van der Waals surface area contributed by atoms with E-state index in [1.165, 1.54) is 0 Å². The molecule has 5 heteroatoms. The summed E-state index contributed by atoms with van der Waals surface area (Å²) < 4.78 is 0.867. The molecule has 1 heterocycles. The molecule has 2 rings (SSSR count). The van der Waals surface area contributed by atoms with Crippen LogP contribution in [0.5, 0.6) is 5.75 Å². The van der Waals surface area contributed by atoms with Crippen LogP contribution < -0.4 is 5.32 Å². The predicted molar refractivity (Wildman–Crippen MR) is 87.1 cm³/mol. The third-order valence-corrected chi connectivity index (χ3v) is 4.30. The van der Waals surface area contributed by atoms with E-state index in [1.807, 2.05) is 17.0 Å². The largest absolute Gasteiger partial charge is 0.508 e. The van der Waals surface area contributed by atoms with E-state index < -0.39 is 0 Å². The van der Waals surface area contributed by atoms with E-state index in [4.69, 9.17) is 0 Å². The molecule has 1 saturated heterocycles. The van der Waals surface area contributed by atoms with E-state index in [9.17, 15) is 9.90 Å². The van der Waals surface area contributed by atoms with E-state index in [1.54, 1.807) is 6.07 Å². The highest BCUT2D eigenvalue weighted by Crippen LogP contribution is 2.26. The van der Waals surface area contributed by atoms with Crippen molar-refractivity contribution >= 4 is 21.8 Å². The molecule has 1 fully saturated rings. The standard InChI is InChI=1S/C16H23BrN2O2/c1-16(2,3)19-10-11(6-15(19)21)8-18-9-12-4-5-13(17)7-14(12)20/h4-5,7,11,18,20H,6,8-10H2,1-3H3. The van der Waals surface area contributed by atoms with Crippen LogP contribution in [0.15, 0.2) is 22.7 Å². The number of carbonyl (C=O) groups excluding carboxylic acids is 1. The first-order valence-corrected chi connectivity index (χ1v) is 8.05. The zero-order valence-electron chi connectivity index (χ0n) is 12.8. The number of phenolic OH excluding ortho intramolecular Hbond substituents is 1. The summed E-state index contributed by atoms with van der Waals surface area (Å²) in [6.07, 6.45) is 0.608. The molecule has 1 aromatic rings. The number of aromatic hydroxyl groups is 1. The number of nitrogens with one attached hydrogen (secondary N) is 1. The first kappa shape index (κ1) is 16.3. The SMILES string of the molecule is CC(C)(C)N1CC(CNCc2ccc(Br)cc2O)CC1=O. The van der Waals surface area contributed by atoms with Gasteiger partial charge in [-0.3, -0.25) is 4.79 Å². The lowest BCUT2D eigenvalue weighted by Crippen LogP contribution is -2.42. The Morgan fingerprint density at radius 2 is 2.14 bits per heavy atom. The van der Waals surface area contributed by atoms with Crippen LogP contribution in [0.4, 0.5) is 0 Å². The molecule has 4 nitrogen and oxygen atoms in total. The maximum atomic E-state index is 12.0. The van der Waals surface area contributed by atoms with Crippen LogP contribution in [0.3, 0.4) is 0 Å². The second kappa shape index (κ2) is 6.36. The Kier molecular flexibility index (Phi) is 4.94. The van der Waals surface area contributed by atoms with Crippen molar-refractivity contribution in [1.29, 1.82) is 0 Å². The molecule has 1 amide bonds. The molecule has 0 aromatic heterocycles. The van der Waals surface area contributed by atoms with Gasteiger partial charge in [0.05, 0.1) is 0 Å². The van der Waals surface area contributed by atoms with Gasteiger partial charge in [-0.1, -0.05) is 22.0 Å². The minimum Gasteiger partial charge on any atom is -0.508 e. The van der Waals surface area contributed by atoms with Gasteiger partial charge in [0.2, 0.25) is 5.91 Å².